The highest BCUT2D eigenvalue weighted by atomic mass is 16.5. The molecule has 1 amide bonds. The molecule has 0 aliphatic carbocycles. The van der Waals surface area contributed by atoms with E-state index >= 15 is 0 Å². The second kappa shape index (κ2) is 7.14. The fourth-order valence-corrected chi connectivity index (χ4v) is 1.74. The second-order valence-electron chi connectivity index (χ2n) is 4.77. The van der Waals surface area contributed by atoms with Gasteiger partial charge in [-0.1, -0.05) is 18.6 Å². The summed E-state index contributed by atoms with van der Waals surface area (Å²) in [5, 5.41) is 12.5. The number of benzene rings is 1. The number of ether oxygens (including phenoxy) is 1. The Bertz CT molecular complexity index is 429. The lowest BCUT2D eigenvalue weighted by Gasteiger charge is -2.18. The van der Waals surface area contributed by atoms with Crippen molar-refractivity contribution in [1.29, 1.82) is 0 Å². The highest BCUT2D eigenvalue weighted by Crippen LogP contribution is 2.27. The molecule has 0 aromatic heterocycles. The van der Waals surface area contributed by atoms with Crippen molar-refractivity contribution in [2.24, 2.45) is 0 Å². The van der Waals surface area contributed by atoms with Gasteiger partial charge < -0.3 is 15.2 Å². The van der Waals surface area contributed by atoms with Gasteiger partial charge in [0.25, 0.3) is 5.91 Å². The van der Waals surface area contributed by atoms with Gasteiger partial charge in [0, 0.05) is 12.1 Å². The molecule has 1 rings (SSSR count). The molecule has 0 aliphatic rings. The number of aliphatic hydroxyl groups is 1. The lowest BCUT2D eigenvalue weighted by atomic mass is 10.1. The molecule has 0 radical (unpaired) electrons. The third kappa shape index (κ3) is 4.56. The largest absolute Gasteiger partial charge is 0.481 e. The summed E-state index contributed by atoms with van der Waals surface area (Å²) >= 11 is 0. The molecule has 4 heteroatoms. The van der Waals surface area contributed by atoms with Gasteiger partial charge in [0.1, 0.15) is 5.75 Å². The minimum Gasteiger partial charge on any atom is -0.481 e. The van der Waals surface area contributed by atoms with Crippen LogP contribution in [-0.2, 0) is 4.79 Å². The van der Waals surface area contributed by atoms with E-state index in [-0.39, 0.29) is 5.91 Å². The van der Waals surface area contributed by atoms with E-state index in [2.05, 4.69) is 5.32 Å². The molecule has 0 spiro atoms. The number of hydrogen-bond acceptors (Lipinski definition) is 3. The highest BCUT2D eigenvalue weighted by molar-refractivity contribution is 5.80. The van der Waals surface area contributed by atoms with Crippen LogP contribution in [0, 0.1) is 6.92 Å². The van der Waals surface area contributed by atoms with Crippen LogP contribution >= 0.6 is 0 Å². The van der Waals surface area contributed by atoms with Crippen molar-refractivity contribution in [3.05, 3.63) is 29.3 Å². The van der Waals surface area contributed by atoms with Crippen molar-refractivity contribution in [2.75, 3.05) is 6.54 Å². The number of nitrogens with one attached hydrogen (secondary N) is 1. The maximum Gasteiger partial charge on any atom is 0.260 e. The summed E-state index contributed by atoms with van der Waals surface area (Å²) < 4.78 is 5.65. The van der Waals surface area contributed by atoms with Crippen LogP contribution in [0.1, 0.15) is 44.4 Å². The Labute approximate surface area is 114 Å². The Morgan fingerprint density at radius 1 is 1.42 bits per heavy atom. The zero-order chi connectivity index (χ0) is 14.4. The first-order valence-corrected chi connectivity index (χ1v) is 6.68. The Morgan fingerprint density at radius 3 is 2.68 bits per heavy atom. The Kier molecular flexibility index (Phi) is 5.83. The normalized spacial score (nSPS) is 13.7. The van der Waals surface area contributed by atoms with Gasteiger partial charge >= 0.3 is 0 Å². The van der Waals surface area contributed by atoms with Gasteiger partial charge in [0.2, 0.25) is 0 Å². The standard InChI is InChI=1S/C15H23NO3/c1-5-8-16-15(18)12(4)19-14-7-6-10(2)9-13(14)11(3)17/h6-7,9,11-12,17H,5,8H2,1-4H3,(H,16,18). The van der Waals surface area contributed by atoms with Crippen LogP contribution in [0.25, 0.3) is 0 Å². The molecular formula is C15H23NO3. The lowest BCUT2D eigenvalue weighted by molar-refractivity contribution is -0.127. The van der Waals surface area contributed by atoms with Crippen LogP contribution in [0.15, 0.2) is 18.2 Å². The van der Waals surface area contributed by atoms with Gasteiger partial charge in [-0.3, -0.25) is 4.79 Å². The van der Waals surface area contributed by atoms with Crippen LogP contribution in [0.4, 0.5) is 0 Å². The van der Waals surface area contributed by atoms with E-state index in [0.29, 0.717) is 17.9 Å². The average Bonchev–Trinajstić information content (AvgIpc) is 2.37. The van der Waals surface area contributed by atoms with Gasteiger partial charge in [-0.05, 0) is 39.3 Å². The Hall–Kier alpha value is -1.55. The Morgan fingerprint density at radius 2 is 2.11 bits per heavy atom. The van der Waals surface area contributed by atoms with E-state index in [4.69, 9.17) is 4.74 Å². The maximum atomic E-state index is 11.8. The zero-order valence-electron chi connectivity index (χ0n) is 12.1. The van der Waals surface area contributed by atoms with E-state index in [9.17, 15) is 9.90 Å². The van der Waals surface area contributed by atoms with Crippen LogP contribution in [0.5, 0.6) is 5.75 Å². The van der Waals surface area contributed by atoms with E-state index in [1.807, 2.05) is 26.0 Å². The summed E-state index contributed by atoms with van der Waals surface area (Å²) in [6.45, 7) is 7.98. The summed E-state index contributed by atoms with van der Waals surface area (Å²) in [5.41, 5.74) is 1.75. The molecule has 2 N–H and O–H groups in total. The summed E-state index contributed by atoms with van der Waals surface area (Å²) in [6.07, 6.45) is -0.311. The number of aryl methyl sites for hydroxylation is 1. The second-order valence-corrected chi connectivity index (χ2v) is 4.77. The first-order chi connectivity index (χ1) is 8.95. The quantitative estimate of drug-likeness (QED) is 0.830. The monoisotopic (exact) mass is 265 g/mol. The van der Waals surface area contributed by atoms with Crippen molar-refractivity contribution in [3.63, 3.8) is 0 Å². The molecule has 0 saturated heterocycles. The minimum atomic E-state index is -0.624. The van der Waals surface area contributed by atoms with Crippen LogP contribution < -0.4 is 10.1 Å². The smallest absolute Gasteiger partial charge is 0.260 e. The molecule has 19 heavy (non-hydrogen) atoms. The van der Waals surface area contributed by atoms with Gasteiger partial charge in [-0.15, -0.1) is 0 Å². The zero-order valence-corrected chi connectivity index (χ0v) is 12.1. The first-order valence-electron chi connectivity index (χ1n) is 6.68. The number of aliphatic hydroxyl groups excluding tert-OH is 1. The SMILES string of the molecule is CCCNC(=O)C(C)Oc1ccc(C)cc1C(C)O. The van der Waals surface area contributed by atoms with Gasteiger partial charge in [-0.25, -0.2) is 0 Å². The van der Waals surface area contributed by atoms with Crippen molar-refractivity contribution >= 4 is 5.91 Å². The summed E-state index contributed by atoms with van der Waals surface area (Å²) in [7, 11) is 0. The third-order valence-corrected chi connectivity index (χ3v) is 2.84. The Balaban J connectivity index is 2.78. The van der Waals surface area contributed by atoms with E-state index < -0.39 is 12.2 Å². The average molecular weight is 265 g/mol. The van der Waals surface area contributed by atoms with Crippen LogP contribution in [0.2, 0.25) is 0 Å². The van der Waals surface area contributed by atoms with E-state index in [0.717, 1.165) is 12.0 Å². The van der Waals surface area contributed by atoms with Crippen molar-refractivity contribution < 1.29 is 14.6 Å². The number of rotatable bonds is 6. The lowest BCUT2D eigenvalue weighted by Crippen LogP contribution is -2.36. The topological polar surface area (TPSA) is 58.6 Å². The van der Waals surface area contributed by atoms with E-state index in [1.165, 1.54) is 0 Å². The van der Waals surface area contributed by atoms with Crippen molar-refractivity contribution in [3.8, 4) is 5.75 Å². The van der Waals surface area contributed by atoms with Crippen molar-refractivity contribution in [1.82, 2.24) is 5.32 Å². The molecule has 2 unspecified atom stereocenters. The molecule has 1 aromatic rings. The summed E-state index contributed by atoms with van der Waals surface area (Å²) in [5.74, 6) is 0.415. The number of amides is 1. The molecule has 4 nitrogen and oxygen atoms in total. The number of carbonyl (C=O) groups is 1. The molecule has 106 valence electrons. The molecule has 1 aromatic carbocycles. The molecular weight excluding hydrogens is 242 g/mol. The van der Waals surface area contributed by atoms with Gasteiger partial charge in [0.05, 0.1) is 6.10 Å². The predicted octanol–water partition coefficient (Wildman–Crippen LogP) is 2.34. The molecule has 0 fully saturated rings. The van der Waals surface area contributed by atoms with Crippen molar-refractivity contribution in [2.45, 2.75) is 46.3 Å². The summed E-state index contributed by atoms with van der Waals surface area (Å²) in [4.78, 5) is 11.8. The molecule has 0 aliphatic heterocycles. The minimum absolute atomic E-state index is 0.140. The van der Waals surface area contributed by atoms with Gasteiger partial charge in [-0.2, -0.15) is 0 Å². The first kappa shape index (κ1) is 15.5. The summed E-state index contributed by atoms with van der Waals surface area (Å²) in [6, 6.07) is 5.57. The number of carbonyl (C=O) groups excluding carboxylic acids is 1. The number of hydrogen-bond donors (Lipinski definition) is 2. The molecule has 0 bridgehead atoms. The maximum absolute atomic E-state index is 11.8. The third-order valence-electron chi connectivity index (χ3n) is 2.84. The highest BCUT2D eigenvalue weighted by Gasteiger charge is 2.17. The molecule has 0 heterocycles. The van der Waals surface area contributed by atoms with Gasteiger partial charge in [0.15, 0.2) is 6.10 Å². The fourth-order valence-electron chi connectivity index (χ4n) is 1.74. The van der Waals surface area contributed by atoms with Crippen LogP contribution in [-0.4, -0.2) is 23.7 Å². The predicted molar refractivity (Wildman–Crippen MR) is 75.2 cm³/mol. The fraction of sp³-hybridized carbons (Fsp3) is 0.533. The molecule has 0 saturated carbocycles. The molecule has 2 atom stereocenters. The van der Waals surface area contributed by atoms with E-state index in [1.54, 1.807) is 19.9 Å². The van der Waals surface area contributed by atoms with Crippen LogP contribution in [0.3, 0.4) is 0 Å².